The summed E-state index contributed by atoms with van der Waals surface area (Å²) < 4.78 is 1.73. The molecule has 2 N–H and O–H groups in total. The standard InChI is InChI=1S/C9H17N3O2/c1-8(7-14)5-12-6-9(10-11-12)3-2-4-13/h6,8,13-14H,2-5,7H2,1H3. The summed E-state index contributed by atoms with van der Waals surface area (Å²) in [4.78, 5) is 0. The molecular weight excluding hydrogens is 182 g/mol. The molecule has 0 fully saturated rings. The average Bonchev–Trinajstić information content (AvgIpc) is 2.62. The van der Waals surface area contributed by atoms with Gasteiger partial charge in [-0.3, -0.25) is 4.68 Å². The SMILES string of the molecule is CC(CO)Cn1cc(CCCO)nn1. The summed E-state index contributed by atoms with van der Waals surface area (Å²) in [7, 11) is 0. The van der Waals surface area contributed by atoms with Gasteiger partial charge >= 0.3 is 0 Å². The van der Waals surface area contributed by atoms with Gasteiger partial charge in [-0.05, 0) is 18.8 Å². The van der Waals surface area contributed by atoms with Gasteiger partial charge in [0.05, 0.1) is 5.69 Å². The minimum atomic E-state index is 0.159. The second-order valence-electron chi connectivity index (χ2n) is 3.55. The van der Waals surface area contributed by atoms with Gasteiger partial charge in [-0.1, -0.05) is 12.1 Å². The molecule has 1 aromatic rings. The number of aliphatic hydroxyl groups excluding tert-OH is 2. The minimum absolute atomic E-state index is 0.159. The highest BCUT2D eigenvalue weighted by Gasteiger charge is 2.04. The molecule has 5 heteroatoms. The largest absolute Gasteiger partial charge is 0.396 e. The average molecular weight is 199 g/mol. The van der Waals surface area contributed by atoms with Crippen molar-refractivity contribution < 1.29 is 10.2 Å². The molecule has 80 valence electrons. The van der Waals surface area contributed by atoms with E-state index in [-0.39, 0.29) is 19.1 Å². The van der Waals surface area contributed by atoms with Crippen molar-refractivity contribution in [1.82, 2.24) is 15.0 Å². The van der Waals surface area contributed by atoms with Crippen molar-refractivity contribution >= 4 is 0 Å². The van der Waals surface area contributed by atoms with Crippen LogP contribution < -0.4 is 0 Å². The number of hydrogen-bond acceptors (Lipinski definition) is 4. The Kier molecular flexibility index (Phi) is 4.55. The first kappa shape index (κ1) is 11.1. The smallest absolute Gasteiger partial charge is 0.0828 e. The third kappa shape index (κ3) is 3.43. The van der Waals surface area contributed by atoms with Gasteiger partial charge in [-0.2, -0.15) is 0 Å². The summed E-state index contributed by atoms with van der Waals surface area (Å²) in [5.74, 6) is 0.197. The van der Waals surface area contributed by atoms with Crippen LogP contribution in [0.15, 0.2) is 6.20 Å². The Morgan fingerprint density at radius 1 is 1.50 bits per heavy atom. The monoisotopic (exact) mass is 199 g/mol. The lowest BCUT2D eigenvalue weighted by Crippen LogP contribution is -2.11. The Balaban J connectivity index is 2.42. The summed E-state index contributed by atoms with van der Waals surface area (Å²) >= 11 is 0. The van der Waals surface area contributed by atoms with Crippen LogP contribution in [0.4, 0.5) is 0 Å². The Hall–Kier alpha value is -0.940. The van der Waals surface area contributed by atoms with E-state index in [2.05, 4.69) is 10.3 Å². The Morgan fingerprint density at radius 3 is 2.93 bits per heavy atom. The summed E-state index contributed by atoms with van der Waals surface area (Å²) in [6.07, 6.45) is 3.33. The van der Waals surface area contributed by atoms with Crippen LogP contribution in [0.2, 0.25) is 0 Å². The molecule has 0 aliphatic heterocycles. The number of aliphatic hydroxyl groups is 2. The highest BCUT2D eigenvalue weighted by molar-refractivity contribution is 4.92. The number of aryl methyl sites for hydroxylation is 1. The molecular formula is C9H17N3O2. The van der Waals surface area contributed by atoms with Crippen molar-refractivity contribution in [2.24, 2.45) is 5.92 Å². The lowest BCUT2D eigenvalue weighted by molar-refractivity contribution is 0.218. The van der Waals surface area contributed by atoms with E-state index in [1.165, 1.54) is 0 Å². The molecule has 0 saturated heterocycles. The zero-order chi connectivity index (χ0) is 10.4. The van der Waals surface area contributed by atoms with Gasteiger partial charge < -0.3 is 10.2 Å². The lowest BCUT2D eigenvalue weighted by Gasteiger charge is -2.05. The number of aromatic nitrogens is 3. The molecule has 0 amide bonds. The van der Waals surface area contributed by atoms with Gasteiger partial charge in [0, 0.05) is 26.0 Å². The fourth-order valence-electron chi connectivity index (χ4n) is 1.18. The van der Waals surface area contributed by atoms with E-state index in [1.54, 1.807) is 4.68 Å². The summed E-state index contributed by atoms with van der Waals surface area (Å²) in [5, 5.41) is 25.4. The Morgan fingerprint density at radius 2 is 2.29 bits per heavy atom. The van der Waals surface area contributed by atoms with E-state index in [0.29, 0.717) is 13.0 Å². The maximum atomic E-state index is 8.85. The zero-order valence-corrected chi connectivity index (χ0v) is 8.43. The Labute approximate surface area is 83.4 Å². The molecule has 0 saturated carbocycles. The predicted octanol–water partition coefficient (Wildman–Crippen LogP) is -0.169. The van der Waals surface area contributed by atoms with Crippen LogP contribution in [0.1, 0.15) is 19.0 Å². The van der Waals surface area contributed by atoms with E-state index >= 15 is 0 Å². The molecule has 0 spiro atoms. The van der Waals surface area contributed by atoms with E-state index in [0.717, 1.165) is 12.1 Å². The van der Waals surface area contributed by atoms with Crippen molar-refractivity contribution in [3.8, 4) is 0 Å². The van der Waals surface area contributed by atoms with Gasteiger partial charge in [-0.15, -0.1) is 5.10 Å². The number of nitrogens with zero attached hydrogens (tertiary/aromatic N) is 3. The molecule has 1 heterocycles. The Bertz CT molecular complexity index is 262. The molecule has 14 heavy (non-hydrogen) atoms. The third-order valence-corrected chi connectivity index (χ3v) is 1.99. The summed E-state index contributed by atoms with van der Waals surface area (Å²) in [5.41, 5.74) is 0.893. The third-order valence-electron chi connectivity index (χ3n) is 1.99. The normalized spacial score (nSPS) is 13.1. The lowest BCUT2D eigenvalue weighted by atomic mass is 10.2. The van der Waals surface area contributed by atoms with Gasteiger partial charge in [0.25, 0.3) is 0 Å². The first-order chi connectivity index (χ1) is 6.76. The predicted molar refractivity (Wildman–Crippen MR) is 51.7 cm³/mol. The second kappa shape index (κ2) is 5.72. The molecule has 0 aliphatic rings. The second-order valence-corrected chi connectivity index (χ2v) is 3.55. The van der Waals surface area contributed by atoms with E-state index in [1.807, 2.05) is 13.1 Å². The van der Waals surface area contributed by atoms with Crippen LogP contribution in [0.25, 0.3) is 0 Å². The van der Waals surface area contributed by atoms with Crippen molar-refractivity contribution in [2.45, 2.75) is 26.3 Å². The molecule has 1 atom stereocenters. The molecule has 5 nitrogen and oxygen atoms in total. The summed E-state index contributed by atoms with van der Waals surface area (Å²) in [6.45, 7) is 2.98. The highest BCUT2D eigenvalue weighted by Crippen LogP contribution is 2.01. The fourth-order valence-corrected chi connectivity index (χ4v) is 1.18. The van der Waals surface area contributed by atoms with Crippen molar-refractivity contribution in [2.75, 3.05) is 13.2 Å². The molecule has 1 unspecified atom stereocenters. The van der Waals surface area contributed by atoms with Crippen LogP contribution in [-0.2, 0) is 13.0 Å². The first-order valence-electron chi connectivity index (χ1n) is 4.87. The molecule has 0 bridgehead atoms. The van der Waals surface area contributed by atoms with Gasteiger partial charge in [0.2, 0.25) is 0 Å². The molecule has 1 rings (SSSR count). The number of hydrogen-bond donors (Lipinski definition) is 2. The van der Waals surface area contributed by atoms with Gasteiger partial charge in [0.15, 0.2) is 0 Å². The summed E-state index contributed by atoms with van der Waals surface area (Å²) in [6, 6.07) is 0. The highest BCUT2D eigenvalue weighted by atomic mass is 16.3. The molecule has 1 aromatic heterocycles. The van der Waals surface area contributed by atoms with Gasteiger partial charge in [-0.25, -0.2) is 0 Å². The topological polar surface area (TPSA) is 71.2 Å². The van der Waals surface area contributed by atoms with E-state index < -0.39 is 0 Å². The first-order valence-corrected chi connectivity index (χ1v) is 4.87. The zero-order valence-electron chi connectivity index (χ0n) is 8.43. The number of rotatable bonds is 6. The fraction of sp³-hybridized carbons (Fsp3) is 0.778. The van der Waals surface area contributed by atoms with Crippen molar-refractivity contribution in [3.63, 3.8) is 0 Å². The van der Waals surface area contributed by atoms with Gasteiger partial charge in [0.1, 0.15) is 0 Å². The maximum absolute atomic E-state index is 8.85. The minimum Gasteiger partial charge on any atom is -0.396 e. The van der Waals surface area contributed by atoms with E-state index in [9.17, 15) is 0 Å². The maximum Gasteiger partial charge on any atom is 0.0828 e. The van der Waals surface area contributed by atoms with Crippen LogP contribution in [0.3, 0.4) is 0 Å². The van der Waals surface area contributed by atoms with E-state index in [4.69, 9.17) is 10.2 Å². The van der Waals surface area contributed by atoms with Crippen molar-refractivity contribution in [1.29, 1.82) is 0 Å². The van der Waals surface area contributed by atoms with Crippen LogP contribution in [0.5, 0.6) is 0 Å². The van der Waals surface area contributed by atoms with Crippen LogP contribution in [0, 0.1) is 5.92 Å². The van der Waals surface area contributed by atoms with Crippen LogP contribution >= 0.6 is 0 Å². The van der Waals surface area contributed by atoms with Crippen LogP contribution in [-0.4, -0.2) is 38.4 Å². The van der Waals surface area contributed by atoms with Crippen molar-refractivity contribution in [3.05, 3.63) is 11.9 Å². The molecule has 0 aromatic carbocycles. The molecule has 0 radical (unpaired) electrons. The molecule has 0 aliphatic carbocycles. The quantitative estimate of drug-likeness (QED) is 0.667.